The minimum Gasteiger partial charge on any atom is -0.481 e. The van der Waals surface area contributed by atoms with Crippen molar-refractivity contribution in [3.63, 3.8) is 0 Å². The molecule has 0 aromatic rings. The van der Waals surface area contributed by atoms with Gasteiger partial charge in [-0.1, -0.05) is 6.92 Å². The number of urea groups is 1. The average Bonchev–Trinajstić information content (AvgIpc) is 2.67. The third-order valence-electron chi connectivity index (χ3n) is 4.14. The van der Waals surface area contributed by atoms with Gasteiger partial charge in [-0.3, -0.25) is 4.79 Å². The minimum atomic E-state index is -0.731. The molecule has 0 radical (unpaired) electrons. The van der Waals surface area contributed by atoms with E-state index >= 15 is 0 Å². The molecule has 2 aliphatic rings. The average molecular weight is 254 g/mol. The maximum atomic E-state index is 12.3. The van der Waals surface area contributed by atoms with Crippen LogP contribution >= 0.6 is 0 Å². The lowest BCUT2D eigenvalue weighted by Gasteiger charge is -2.34. The summed E-state index contributed by atoms with van der Waals surface area (Å²) in [4.78, 5) is 27.0. The molecule has 0 aromatic heterocycles. The topological polar surface area (TPSA) is 60.9 Å². The second-order valence-electron chi connectivity index (χ2n) is 5.72. The molecule has 5 heteroatoms. The third kappa shape index (κ3) is 2.60. The molecule has 2 unspecified atom stereocenters. The molecule has 2 heterocycles. The van der Waals surface area contributed by atoms with E-state index in [1.165, 1.54) is 0 Å². The highest BCUT2D eigenvalue weighted by molar-refractivity contribution is 5.76. The Morgan fingerprint density at radius 1 is 1.17 bits per heavy atom. The van der Waals surface area contributed by atoms with Crippen molar-refractivity contribution >= 4 is 12.0 Å². The van der Waals surface area contributed by atoms with Crippen molar-refractivity contribution in [2.45, 2.75) is 39.2 Å². The van der Waals surface area contributed by atoms with Crippen molar-refractivity contribution in [1.29, 1.82) is 0 Å². The molecule has 0 spiro atoms. The van der Waals surface area contributed by atoms with Crippen molar-refractivity contribution in [3.05, 3.63) is 0 Å². The van der Waals surface area contributed by atoms with E-state index in [1.54, 1.807) is 0 Å². The number of carbonyl (C=O) groups is 2. The number of carboxylic acid groups (broad SMARTS) is 1. The fourth-order valence-corrected chi connectivity index (χ4v) is 3.07. The van der Waals surface area contributed by atoms with E-state index in [9.17, 15) is 9.59 Å². The monoisotopic (exact) mass is 254 g/mol. The Hall–Kier alpha value is -1.26. The van der Waals surface area contributed by atoms with E-state index < -0.39 is 5.97 Å². The van der Waals surface area contributed by atoms with Crippen LogP contribution in [0.1, 0.15) is 33.1 Å². The molecule has 0 saturated carbocycles. The number of likely N-dealkylation sites (tertiary alicyclic amines) is 2. The van der Waals surface area contributed by atoms with E-state index in [0.717, 1.165) is 13.0 Å². The molecule has 2 fully saturated rings. The number of aliphatic carboxylic acids is 1. The molecule has 2 saturated heterocycles. The summed E-state index contributed by atoms with van der Waals surface area (Å²) >= 11 is 0. The fourth-order valence-electron chi connectivity index (χ4n) is 3.07. The molecule has 2 amide bonds. The molecule has 0 bridgehead atoms. The molecule has 1 N–H and O–H groups in total. The van der Waals surface area contributed by atoms with Gasteiger partial charge in [0.15, 0.2) is 0 Å². The van der Waals surface area contributed by atoms with Crippen LogP contribution < -0.4 is 0 Å². The van der Waals surface area contributed by atoms with Gasteiger partial charge in [-0.2, -0.15) is 0 Å². The Labute approximate surface area is 108 Å². The van der Waals surface area contributed by atoms with Gasteiger partial charge in [0.2, 0.25) is 0 Å². The van der Waals surface area contributed by atoms with E-state index in [-0.39, 0.29) is 11.9 Å². The third-order valence-corrected chi connectivity index (χ3v) is 4.14. The Kier molecular flexibility index (Phi) is 3.78. The first kappa shape index (κ1) is 13.2. The highest BCUT2D eigenvalue weighted by Crippen LogP contribution is 2.25. The summed E-state index contributed by atoms with van der Waals surface area (Å²) in [5.41, 5.74) is 0. The van der Waals surface area contributed by atoms with Crippen molar-refractivity contribution in [1.82, 2.24) is 9.80 Å². The quantitative estimate of drug-likeness (QED) is 0.773. The molecule has 18 heavy (non-hydrogen) atoms. The largest absolute Gasteiger partial charge is 0.481 e. The predicted octanol–water partition coefficient (Wildman–Crippen LogP) is 1.63. The van der Waals surface area contributed by atoms with Crippen molar-refractivity contribution in [3.8, 4) is 0 Å². The number of carbonyl (C=O) groups excluding carboxylic acids is 1. The fraction of sp³-hybridized carbons (Fsp3) is 0.846. The van der Waals surface area contributed by atoms with E-state index in [4.69, 9.17) is 5.11 Å². The van der Waals surface area contributed by atoms with Gasteiger partial charge in [-0.15, -0.1) is 0 Å². The lowest BCUT2D eigenvalue weighted by atomic mass is 9.97. The van der Waals surface area contributed by atoms with Crippen LogP contribution in [-0.4, -0.2) is 52.6 Å². The first-order valence-corrected chi connectivity index (χ1v) is 6.77. The van der Waals surface area contributed by atoms with Crippen molar-refractivity contribution in [2.75, 3.05) is 19.6 Å². The second-order valence-corrected chi connectivity index (χ2v) is 5.72. The van der Waals surface area contributed by atoms with Gasteiger partial charge in [0.1, 0.15) is 0 Å². The van der Waals surface area contributed by atoms with Crippen LogP contribution in [0.25, 0.3) is 0 Å². The SMILES string of the molecule is CC1CC(C)N(C(=O)N2CCC(C(=O)O)CC2)C1. The van der Waals surface area contributed by atoms with Crippen LogP contribution in [0.3, 0.4) is 0 Å². The van der Waals surface area contributed by atoms with Gasteiger partial charge in [-0.25, -0.2) is 4.79 Å². The van der Waals surface area contributed by atoms with Crippen LogP contribution in [0.2, 0.25) is 0 Å². The Morgan fingerprint density at radius 3 is 2.22 bits per heavy atom. The molecule has 2 atom stereocenters. The van der Waals surface area contributed by atoms with Crippen LogP contribution in [0, 0.1) is 11.8 Å². The summed E-state index contributed by atoms with van der Waals surface area (Å²) in [6.07, 6.45) is 2.23. The lowest BCUT2D eigenvalue weighted by molar-refractivity contribution is -0.143. The van der Waals surface area contributed by atoms with Gasteiger partial charge in [-0.05, 0) is 32.1 Å². The van der Waals surface area contributed by atoms with Gasteiger partial charge >= 0.3 is 12.0 Å². The van der Waals surface area contributed by atoms with Crippen molar-refractivity contribution < 1.29 is 14.7 Å². The van der Waals surface area contributed by atoms with Gasteiger partial charge in [0, 0.05) is 25.7 Å². The molecular weight excluding hydrogens is 232 g/mol. The molecule has 2 aliphatic heterocycles. The molecule has 102 valence electrons. The standard InChI is InChI=1S/C13H22N2O3/c1-9-7-10(2)15(8-9)13(18)14-5-3-11(4-6-14)12(16)17/h9-11H,3-8H2,1-2H3,(H,16,17). The Morgan fingerprint density at radius 2 is 1.78 bits per heavy atom. The van der Waals surface area contributed by atoms with Crippen molar-refractivity contribution in [2.24, 2.45) is 11.8 Å². The summed E-state index contributed by atoms with van der Waals surface area (Å²) in [5, 5.41) is 8.94. The zero-order valence-corrected chi connectivity index (χ0v) is 11.1. The maximum Gasteiger partial charge on any atom is 0.320 e. The molecule has 0 aliphatic carbocycles. The minimum absolute atomic E-state index is 0.0932. The van der Waals surface area contributed by atoms with E-state index in [0.29, 0.717) is 37.9 Å². The van der Waals surface area contributed by atoms with Crippen LogP contribution in [-0.2, 0) is 4.79 Å². The summed E-state index contributed by atoms with van der Waals surface area (Å²) in [7, 11) is 0. The maximum absolute atomic E-state index is 12.3. The number of hydrogen-bond donors (Lipinski definition) is 1. The zero-order valence-electron chi connectivity index (χ0n) is 11.1. The first-order valence-electron chi connectivity index (χ1n) is 6.77. The molecule has 0 aromatic carbocycles. The van der Waals surface area contributed by atoms with Crippen LogP contribution in [0.15, 0.2) is 0 Å². The number of carboxylic acids is 1. The second kappa shape index (κ2) is 5.16. The number of piperidine rings is 1. The van der Waals surface area contributed by atoms with Crippen LogP contribution in [0.5, 0.6) is 0 Å². The van der Waals surface area contributed by atoms with E-state index in [1.807, 2.05) is 9.80 Å². The predicted molar refractivity (Wildman–Crippen MR) is 67.3 cm³/mol. The smallest absolute Gasteiger partial charge is 0.320 e. The highest BCUT2D eigenvalue weighted by Gasteiger charge is 2.35. The highest BCUT2D eigenvalue weighted by atomic mass is 16.4. The normalized spacial score (nSPS) is 29.7. The number of hydrogen-bond acceptors (Lipinski definition) is 2. The lowest BCUT2D eigenvalue weighted by Crippen LogP contribution is -2.48. The number of rotatable bonds is 1. The number of nitrogens with zero attached hydrogens (tertiary/aromatic N) is 2. The summed E-state index contributed by atoms with van der Waals surface area (Å²) in [6, 6.07) is 0.403. The van der Waals surface area contributed by atoms with E-state index in [2.05, 4.69) is 13.8 Å². The Bertz CT molecular complexity index is 337. The molecular formula is C13H22N2O3. The summed E-state index contributed by atoms with van der Waals surface area (Å²) in [6.45, 7) is 6.24. The summed E-state index contributed by atoms with van der Waals surface area (Å²) < 4.78 is 0. The number of amides is 2. The van der Waals surface area contributed by atoms with Gasteiger partial charge in [0.05, 0.1) is 5.92 Å². The van der Waals surface area contributed by atoms with Gasteiger partial charge in [0.25, 0.3) is 0 Å². The Balaban J connectivity index is 1.90. The first-order chi connectivity index (χ1) is 8.49. The van der Waals surface area contributed by atoms with Gasteiger partial charge < -0.3 is 14.9 Å². The molecule has 2 rings (SSSR count). The molecule has 5 nitrogen and oxygen atoms in total. The zero-order chi connectivity index (χ0) is 13.3. The van der Waals surface area contributed by atoms with Crippen LogP contribution in [0.4, 0.5) is 4.79 Å². The summed E-state index contributed by atoms with van der Waals surface area (Å²) in [5.74, 6) is -0.435.